The van der Waals surface area contributed by atoms with Crippen molar-refractivity contribution < 1.29 is 9.59 Å². The normalized spacial score (nSPS) is 17.1. The second kappa shape index (κ2) is 7.06. The number of hydrogen-bond acceptors (Lipinski definition) is 5. The van der Waals surface area contributed by atoms with Gasteiger partial charge in [-0.1, -0.05) is 0 Å². The third kappa shape index (κ3) is 3.12. The molecule has 28 heavy (non-hydrogen) atoms. The maximum atomic E-state index is 12.8. The van der Waals surface area contributed by atoms with Crippen molar-refractivity contribution >= 4 is 17.5 Å². The van der Waals surface area contributed by atoms with Crippen molar-refractivity contribution in [1.29, 1.82) is 0 Å². The van der Waals surface area contributed by atoms with Gasteiger partial charge in [-0.3, -0.25) is 14.3 Å². The molecule has 0 radical (unpaired) electrons. The summed E-state index contributed by atoms with van der Waals surface area (Å²) in [6.07, 6.45) is 8.47. The molecule has 4 rings (SSSR count). The first-order valence-corrected chi connectivity index (χ1v) is 9.28. The Morgan fingerprint density at radius 1 is 1.21 bits per heavy atom. The summed E-state index contributed by atoms with van der Waals surface area (Å²) in [6, 6.07) is 1.92. The monoisotopic (exact) mass is 381 g/mol. The van der Waals surface area contributed by atoms with Crippen LogP contribution in [0.4, 0.5) is 0 Å². The van der Waals surface area contributed by atoms with Crippen molar-refractivity contribution in [2.45, 2.75) is 18.8 Å². The average Bonchev–Trinajstić information content (AvgIpc) is 3.33. The number of fused-ring (bicyclic) bond motifs is 1. The Morgan fingerprint density at radius 3 is 2.75 bits per heavy atom. The molecule has 1 fully saturated rings. The molecular weight excluding hydrogens is 358 g/mol. The number of likely N-dealkylation sites (tertiary alicyclic amines) is 1. The summed E-state index contributed by atoms with van der Waals surface area (Å²) in [5.41, 5.74) is 2.59. The highest BCUT2D eigenvalue weighted by Gasteiger charge is 2.28. The molecule has 146 valence electrons. The lowest BCUT2D eigenvalue weighted by atomic mass is 9.94. The predicted molar refractivity (Wildman–Crippen MR) is 102 cm³/mol. The highest BCUT2D eigenvalue weighted by atomic mass is 16.2. The van der Waals surface area contributed by atoms with Crippen molar-refractivity contribution in [2.75, 3.05) is 27.2 Å². The minimum atomic E-state index is -0.128. The zero-order chi connectivity index (χ0) is 19.8. The van der Waals surface area contributed by atoms with Crippen LogP contribution in [0.15, 0.2) is 30.9 Å². The van der Waals surface area contributed by atoms with Gasteiger partial charge in [0.05, 0.1) is 23.7 Å². The van der Waals surface area contributed by atoms with Crippen molar-refractivity contribution in [1.82, 2.24) is 34.2 Å². The van der Waals surface area contributed by atoms with Crippen LogP contribution in [0, 0.1) is 0 Å². The third-order valence-electron chi connectivity index (χ3n) is 5.15. The van der Waals surface area contributed by atoms with Crippen molar-refractivity contribution in [3.05, 3.63) is 47.7 Å². The second-order valence-electron chi connectivity index (χ2n) is 7.36. The van der Waals surface area contributed by atoms with Gasteiger partial charge < -0.3 is 9.80 Å². The number of hydrogen-bond donors (Lipinski definition) is 0. The first-order valence-electron chi connectivity index (χ1n) is 9.28. The Balaban J connectivity index is 1.63. The van der Waals surface area contributed by atoms with E-state index in [1.807, 2.05) is 11.0 Å². The zero-order valence-electron chi connectivity index (χ0n) is 16.2. The molecule has 3 aromatic heterocycles. The molecule has 1 aliphatic heterocycles. The summed E-state index contributed by atoms with van der Waals surface area (Å²) in [4.78, 5) is 32.9. The molecule has 3 aromatic rings. The van der Waals surface area contributed by atoms with Gasteiger partial charge in [0.2, 0.25) is 0 Å². The van der Waals surface area contributed by atoms with E-state index in [1.165, 1.54) is 4.90 Å². The van der Waals surface area contributed by atoms with Crippen LogP contribution in [0.2, 0.25) is 0 Å². The van der Waals surface area contributed by atoms with Gasteiger partial charge >= 0.3 is 0 Å². The van der Waals surface area contributed by atoms with E-state index >= 15 is 0 Å². The summed E-state index contributed by atoms with van der Waals surface area (Å²) in [5.74, 6) is -0.00852. The molecule has 0 bridgehead atoms. The Morgan fingerprint density at radius 2 is 2.04 bits per heavy atom. The molecule has 2 amide bonds. The largest absolute Gasteiger partial charge is 0.345 e. The molecule has 4 heterocycles. The maximum Gasteiger partial charge on any atom is 0.258 e. The lowest BCUT2D eigenvalue weighted by Gasteiger charge is -2.32. The number of carbonyl (C=O) groups is 2. The molecule has 0 aliphatic carbocycles. The van der Waals surface area contributed by atoms with E-state index in [1.54, 1.807) is 55.1 Å². The van der Waals surface area contributed by atoms with Crippen LogP contribution in [0.5, 0.6) is 0 Å². The molecule has 1 saturated heterocycles. The molecule has 1 atom stereocenters. The van der Waals surface area contributed by atoms with Gasteiger partial charge in [-0.25, -0.2) is 9.50 Å². The topological polar surface area (TPSA) is 88.6 Å². The fourth-order valence-electron chi connectivity index (χ4n) is 3.73. The van der Waals surface area contributed by atoms with Crippen LogP contribution in [0.1, 0.15) is 45.2 Å². The molecule has 9 nitrogen and oxygen atoms in total. The quantitative estimate of drug-likeness (QED) is 0.680. The summed E-state index contributed by atoms with van der Waals surface area (Å²) < 4.78 is 3.37. The molecular formula is C19H23N7O2. The van der Waals surface area contributed by atoms with Crippen LogP contribution in [0.25, 0.3) is 5.65 Å². The number of carbonyl (C=O) groups excluding carboxylic acids is 2. The molecule has 9 heteroatoms. The molecule has 0 spiro atoms. The third-order valence-corrected chi connectivity index (χ3v) is 5.15. The molecule has 0 aromatic carbocycles. The fourth-order valence-corrected chi connectivity index (χ4v) is 3.73. The minimum Gasteiger partial charge on any atom is -0.345 e. The van der Waals surface area contributed by atoms with Crippen LogP contribution in [-0.4, -0.2) is 73.2 Å². The first kappa shape index (κ1) is 18.1. The van der Waals surface area contributed by atoms with E-state index in [4.69, 9.17) is 0 Å². The van der Waals surface area contributed by atoms with Crippen molar-refractivity contribution in [2.24, 2.45) is 7.05 Å². The highest BCUT2D eigenvalue weighted by molar-refractivity contribution is 5.99. The van der Waals surface area contributed by atoms with E-state index in [0.717, 1.165) is 25.1 Å². The van der Waals surface area contributed by atoms with Gasteiger partial charge in [0.15, 0.2) is 5.65 Å². The first-order chi connectivity index (χ1) is 13.5. The van der Waals surface area contributed by atoms with Crippen LogP contribution in [0.3, 0.4) is 0 Å². The summed E-state index contributed by atoms with van der Waals surface area (Å²) in [5, 5.41) is 8.51. The zero-order valence-corrected chi connectivity index (χ0v) is 16.2. The van der Waals surface area contributed by atoms with Gasteiger partial charge in [0.1, 0.15) is 5.56 Å². The maximum absolute atomic E-state index is 12.8. The summed E-state index contributed by atoms with van der Waals surface area (Å²) >= 11 is 0. The number of aryl methyl sites for hydroxylation is 1. The Bertz CT molecular complexity index is 1040. The van der Waals surface area contributed by atoms with Crippen LogP contribution in [-0.2, 0) is 7.05 Å². The van der Waals surface area contributed by atoms with E-state index in [0.29, 0.717) is 23.3 Å². The molecule has 0 saturated carbocycles. The van der Waals surface area contributed by atoms with E-state index in [2.05, 4.69) is 15.2 Å². The van der Waals surface area contributed by atoms with Gasteiger partial charge in [-0.15, -0.1) is 0 Å². The number of amides is 2. The summed E-state index contributed by atoms with van der Waals surface area (Å²) in [6.45, 7) is 1.32. The molecule has 0 unspecified atom stereocenters. The Kier molecular flexibility index (Phi) is 4.58. The molecule has 1 aliphatic rings. The standard InChI is InChI=1S/C19H23N7O2/c1-23(2)19(28)15-10-22-26-16(6-7-20-17(15)26)13-5-4-8-25(12-13)18(27)14-9-21-24(3)11-14/h6-7,9-11,13H,4-5,8,12H2,1-3H3/t13-/m1/s1. The number of piperidine rings is 1. The highest BCUT2D eigenvalue weighted by Crippen LogP contribution is 2.28. The van der Waals surface area contributed by atoms with E-state index < -0.39 is 0 Å². The van der Waals surface area contributed by atoms with Crippen molar-refractivity contribution in [3.8, 4) is 0 Å². The van der Waals surface area contributed by atoms with Gasteiger partial charge in [-0.05, 0) is 18.9 Å². The average molecular weight is 381 g/mol. The van der Waals surface area contributed by atoms with E-state index in [9.17, 15) is 9.59 Å². The summed E-state index contributed by atoms with van der Waals surface area (Å²) in [7, 11) is 5.21. The van der Waals surface area contributed by atoms with E-state index in [-0.39, 0.29) is 17.7 Å². The minimum absolute atomic E-state index is 0.00737. The van der Waals surface area contributed by atoms with Gasteiger partial charge in [0, 0.05) is 52.5 Å². The van der Waals surface area contributed by atoms with Crippen LogP contribution >= 0.6 is 0 Å². The number of rotatable bonds is 3. The Hall–Kier alpha value is -3.23. The number of nitrogens with zero attached hydrogens (tertiary/aromatic N) is 7. The fraction of sp³-hybridized carbons (Fsp3) is 0.421. The molecule has 0 N–H and O–H groups in total. The SMILES string of the molecule is CN(C)C(=O)c1cnn2c([C@@H]3CCCN(C(=O)c4cnn(C)c4)C3)ccnc12. The van der Waals surface area contributed by atoms with Gasteiger partial charge in [0.25, 0.3) is 11.8 Å². The second-order valence-corrected chi connectivity index (χ2v) is 7.36. The lowest BCUT2D eigenvalue weighted by Crippen LogP contribution is -2.39. The Labute approximate surface area is 162 Å². The lowest BCUT2D eigenvalue weighted by molar-refractivity contribution is 0.0704. The van der Waals surface area contributed by atoms with Crippen molar-refractivity contribution in [3.63, 3.8) is 0 Å². The predicted octanol–water partition coefficient (Wildman–Crippen LogP) is 1.18. The van der Waals surface area contributed by atoms with Crippen LogP contribution < -0.4 is 0 Å². The number of aromatic nitrogens is 5. The van der Waals surface area contributed by atoms with Gasteiger partial charge in [-0.2, -0.15) is 10.2 Å². The smallest absolute Gasteiger partial charge is 0.258 e.